The lowest BCUT2D eigenvalue weighted by molar-refractivity contribution is -0.167. The molecule has 2 amide bonds. The molecule has 0 aliphatic heterocycles. The van der Waals surface area contributed by atoms with E-state index in [1.807, 2.05) is 74.6 Å². The number of nitrogen functional groups attached to an aromatic ring is 1. The van der Waals surface area contributed by atoms with E-state index in [-0.39, 0.29) is 24.7 Å². The highest BCUT2D eigenvalue weighted by atomic mass is 19.4. The minimum absolute atomic E-state index is 0.0578. The van der Waals surface area contributed by atoms with Gasteiger partial charge in [-0.3, -0.25) is 9.59 Å². The van der Waals surface area contributed by atoms with E-state index >= 15 is 0 Å². The number of alkyl halides is 3. The lowest BCUT2D eigenvalue weighted by Crippen LogP contribution is -2.33. The number of rotatable bonds is 9. The number of carbonyl (C=O) groups excluding carboxylic acids is 3. The first-order valence-electron chi connectivity index (χ1n) is 16.7. The minimum Gasteiger partial charge on any atom is -0.459 e. The van der Waals surface area contributed by atoms with Gasteiger partial charge in [-0.05, 0) is 94.5 Å². The first-order chi connectivity index (χ1) is 24.3. The smallest absolute Gasteiger partial charge is 0.459 e. The third kappa shape index (κ3) is 13.1. The molecular weight excluding hydrogens is 673 g/mol. The number of esters is 1. The summed E-state index contributed by atoms with van der Waals surface area (Å²) in [5.41, 5.74) is 16.1. The number of alkyl carbamates (subject to hydrolysis) is 1. The van der Waals surface area contributed by atoms with E-state index in [9.17, 15) is 27.6 Å². The van der Waals surface area contributed by atoms with Crippen molar-refractivity contribution in [2.24, 2.45) is 5.73 Å². The Balaban J connectivity index is 0.000000288. The third-order valence-electron chi connectivity index (χ3n) is 7.25. The number of hydrogen-bond donors (Lipinski definition) is 4. The monoisotopic (exact) mass is 720 g/mol. The second-order valence-electron chi connectivity index (χ2n) is 13.9. The summed E-state index contributed by atoms with van der Waals surface area (Å²) in [6, 6.07) is 28.9. The molecule has 4 aromatic rings. The van der Waals surface area contributed by atoms with Crippen LogP contribution in [0.4, 0.5) is 29.3 Å². The maximum atomic E-state index is 12.6. The van der Waals surface area contributed by atoms with Crippen LogP contribution >= 0.6 is 0 Å². The predicted octanol–water partition coefficient (Wildman–Crippen LogP) is 8.24. The molecule has 0 fully saturated rings. The van der Waals surface area contributed by atoms with Gasteiger partial charge >= 0.3 is 24.1 Å². The highest BCUT2D eigenvalue weighted by Crippen LogP contribution is 2.32. The molecule has 0 aliphatic rings. The Morgan fingerprint density at radius 1 is 0.731 bits per heavy atom. The fourth-order valence-electron chi connectivity index (χ4n) is 4.93. The number of nitrogens with one attached hydrogen (secondary N) is 2. The zero-order valence-corrected chi connectivity index (χ0v) is 30.3. The second kappa shape index (κ2) is 17.7. The molecule has 0 radical (unpaired) electrons. The Labute approximate surface area is 302 Å². The van der Waals surface area contributed by atoms with Gasteiger partial charge in [0.05, 0.1) is 5.92 Å². The number of ether oxygens (including phenoxy) is 2. The minimum atomic E-state index is -4.98. The number of amides is 2. The molecule has 4 aromatic carbocycles. The van der Waals surface area contributed by atoms with Gasteiger partial charge in [0.2, 0.25) is 0 Å². The molecule has 0 heterocycles. The van der Waals surface area contributed by atoms with Gasteiger partial charge < -0.3 is 31.6 Å². The van der Waals surface area contributed by atoms with E-state index in [4.69, 9.17) is 20.9 Å². The summed E-state index contributed by atoms with van der Waals surface area (Å²) in [6.07, 6.45) is -5.09. The quantitative estimate of drug-likeness (QED) is 0.101. The van der Waals surface area contributed by atoms with Crippen molar-refractivity contribution in [1.82, 2.24) is 5.32 Å². The van der Waals surface area contributed by atoms with Gasteiger partial charge in [0.25, 0.3) is 0 Å². The van der Waals surface area contributed by atoms with Crippen molar-refractivity contribution in [3.63, 3.8) is 0 Å². The van der Waals surface area contributed by atoms with Crippen LogP contribution in [0.15, 0.2) is 97.1 Å². The van der Waals surface area contributed by atoms with Crippen LogP contribution in [0.1, 0.15) is 58.6 Å². The average Bonchev–Trinajstić information content (AvgIpc) is 3.05. The standard InChI is InChI=1S/C21H23F3N2O3.C19H24N2O2/c1-20(2,3)29-19(28)25-12-11-14-9-10-17(26-18(27)21(22,23)24)16(13-14)15-7-5-4-6-8-15;1-19(2,3)23-18(22)16(12-20)14-9-10-17(21)15(11-14)13-7-5-4-6-8-13/h4-10,13H,11-12H2,1-3H3,(H,25,28)(H,26,27);4-11,16H,12,20-21H2,1-3H3. The maximum Gasteiger partial charge on any atom is 0.471 e. The van der Waals surface area contributed by atoms with Gasteiger partial charge in [0.1, 0.15) is 11.2 Å². The van der Waals surface area contributed by atoms with Gasteiger partial charge in [-0.15, -0.1) is 0 Å². The van der Waals surface area contributed by atoms with Crippen LogP contribution < -0.4 is 22.1 Å². The van der Waals surface area contributed by atoms with Gasteiger partial charge in [0, 0.05) is 35.6 Å². The Hall–Kier alpha value is -5.36. The lowest BCUT2D eigenvalue weighted by atomic mass is 9.93. The number of nitrogens with two attached hydrogens (primary N) is 2. The molecule has 1 unspecified atom stereocenters. The van der Waals surface area contributed by atoms with Gasteiger partial charge in [-0.25, -0.2) is 4.79 Å². The fraction of sp³-hybridized carbons (Fsp3) is 0.325. The zero-order valence-electron chi connectivity index (χ0n) is 30.3. The van der Waals surface area contributed by atoms with Crippen molar-refractivity contribution in [2.45, 2.75) is 71.3 Å². The summed E-state index contributed by atoms with van der Waals surface area (Å²) in [5, 5.41) is 4.56. The highest BCUT2D eigenvalue weighted by molar-refractivity contribution is 5.98. The summed E-state index contributed by atoms with van der Waals surface area (Å²) >= 11 is 0. The Kier molecular flexibility index (Phi) is 14.0. The molecule has 52 heavy (non-hydrogen) atoms. The SMILES string of the molecule is CC(C)(C)OC(=O)C(CN)c1ccc(N)c(-c2ccccc2)c1.CC(C)(C)OC(=O)NCCc1ccc(NC(=O)C(F)(F)F)c(-c2ccccc2)c1. The first kappa shape index (κ1) is 41.1. The van der Waals surface area contributed by atoms with Crippen molar-refractivity contribution in [3.8, 4) is 22.3 Å². The number of benzene rings is 4. The Morgan fingerprint density at radius 3 is 1.81 bits per heavy atom. The van der Waals surface area contributed by atoms with Crippen molar-refractivity contribution < 1.29 is 37.0 Å². The van der Waals surface area contributed by atoms with Gasteiger partial charge in [0.15, 0.2) is 0 Å². The summed E-state index contributed by atoms with van der Waals surface area (Å²) in [7, 11) is 0. The predicted molar refractivity (Wildman–Crippen MR) is 198 cm³/mol. The van der Waals surface area contributed by atoms with E-state index in [0.717, 1.165) is 22.3 Å². The number of anilines is 2. The largest absolute Gasteiger partial charge is 0.471 e. The van der Waals surface area contributed by atoms with Crippen LogP contribution in [-0.4, -0.2) is 48.4 Å². The van der Waals surface area contributed by atoms with E-state index in [1.165, 1.54) is 6.07 Å². The maximum absolute atomic E-state index is 12.6. The van der Waals surface area contributed by atoms with Crippen molar-refractivity contribution >= 4 is 29.3 Å². The average molecular weight is 721 g/mol. The summed E-state index contributed by atoms with van der Waals surface area (Å²) in [6.45, 7) is 11.3. The Morgan fingerprint density at radius 2 is 1.29 bits per heavy atom. The topological polar surface area (TPSA) is 146 Å². The molecule has 4 rings (SSSR count). The molecule has 0 spiro atoms. The Bertz CT molecular complexity index is 1800. The van der Waals surface area contributed by atoms with E-state index in [0.29, 0.717) is 23.2 Å². The third-order valence-corrected chi connectivity index (χ3v) is 7.25. The molecule has 6 N–H and O–H groups in total. The molecular formula is C40H47F3N4O5. The van der Waals surface area contributed by atoms with Gasteiger partial charge in [-0.2, -0.15) is 13.2 Å². The number of carbonyl (C=O) groups is 3. The molecule has 12 heteroatoms. The lowest BCUT2D eigenvalue weighted by Gasteiger charge is -2.24. The van der Waals surface area contributed by atoms with Crippen molar-refractivity contribution in [3.05, 3.63) is 108 Å². The van der Waals surface area contributed by atoms with Crippen LogP contribution in [0.25, 0.3) is 22.3 Å². The van der Waals surface area contributed by atoms with Crippen LogP contribution in [0, 0.1) is 0 Å². The van der Waals surface area contributed by atoms with E-state index in [1.54, 1.807) is 63.2 Å². The fourth-order valence-corrected chi connectivity index (χ4v) is 4.93. The van der Waals surface area contributed by atoms with Crippen molar-refractivity contribution in [1.29, 1.82) is 0 Å². The molecule has 0 aliphatic carbocycles. The first-order valence-corrected chi connectivity index (χ1v) is 16.7. The normalized spacial score (nSPS) is 12.1. The molecule has 0 bridgehead atoms. The second-order valence-corrected chi connectivity index (χ2v) is 13.9. The van der Waals surface area contributed by atoms with E-state index < -0.39 is 35.3 Å². The van der Waals surface area contributed by atoms with Crippen molar-refractivity contribution in [2.75, 3.05) is 24.1 Å². The molecule has 278 valence electrons. The molecule has 0 saturated heterocycles. The zero-order chi connectivity index (χ0) is 38.7. The van der Waals surface area contributed by atoms with Crippen LogP contribution in [0.2, 0.25) is 0 Å². The van der Waals surface area contributed by atoms with Crippen LogP contribution in [0.5, 0.6) is 0 Å². The van der Waals surface area contributed by atoms with Crippen LogP contribution in [0.3, 0.4) is 0 Å². The highest BCUT2D eigenvalue weighted by Gasteiger charge is 2.39. The number of hydrogen-bond acceptors (Lipinski definition) is 7. The molecule has 9 nitrogen and oxygen atoms in total. The molecule has 0 saturated carbocycles. The van der Waals surface area contributed by atoms with E-state index in [2.05, 4.69) is 5.32 Å². The summed E-state index contributed by atoms with van der Waals surface area (Å²) < 4.78 is 48.6. The molecule has 1 atom stereocenters. The molecule has 0 aromatic heterocycles. The summed E-state index contributed by atoms with van der Waals surface area (Å²) in [4.78, 5) is 35.5. The van der Waals surface area contributed by atoms with Gasteiger partial charge in [-0.1, -0.05) is 72.8 Å². The van der Waals surface area contributed by atoms with Crippen LogP contribution in [-0.2, 0) is 25.5 Å². The summed E-state index contributed by atoms with van der Waals surface area (Å²) in [5.74, 6) is -2.85. The number of halogens is 3.